The number of rotatable bonds is 5. The standard InChI is InChI=1S/C24H18Cl3N5O3/c1-14(33)29-24(30-16-8-4-2-5-9-16)22(31-32(23(24)35)17-10-6-3-7-11-17)28-21(34)15-12-18(25)20(27)19(26)13-15/h2-13,30H,1H3,(H,29,33)(H,28,31,34). The molecule has 0 saturated carbocycles. The van der Waals surface area contributed by atoms with Gasteiger partial charge in [0.25, 0.3) is 11.6 Å². The molecule has 0 aromatic heterocycles. The van der Waals surface area contributed by atoms with E-state index in [2.05, 4.69) is 21.1 Å². The molecule has 0 spiro atoms. The zero-order valence-electron chi connectivity index (χ0n) is 18.2. The maximum Gasteiger partial charge on any atom is 0.302 e. The molecule has 0 fully saturated rings. The molecule has 3 N–H and O–H groups in total. The van der Waals surface area contributed by atoms with E-state index in [1.165, 1.54) is 19.1 Å². The summed E-state index contributed by atoms with van der Waals surface area (Å²) in [6.07, 6.45) is 0. The first kappa shape index (κ1) is 24.5. The molecule has 0 bridgehead atoms. The second-order valence-corrected chi connectivity index (χ2v) is 8.72. The van der Waals surface area contributed by atoms with E-state index < -0.39 is 23.4 Å². The Bertz CT molecular complexity index is 1310. The predicted octanol–water partition coefficient (Wildman–Crippen LogP) is 4.68. The van der Waals surface area contributed by atoms with Crippen LogP contribution in [0.4, 0.5) is 11.4 Å². The molecule has 1 unspecified atom stereocenters. The largest absolute Gasteiger partial charge is 0.348 e. The Labute approximate surface area is 215 Å². The number of amidine groups is 1. The van der Waals surface area contributed by atoms with E-state index in [1.54, 1.807) is 60.7 Å². The molecule has 1 aliphatic rings. The van der Waals surface area contributed by atoms with Gasteiger partial charge in [0.1, 0.15) is 0 Å². The van der Waals surface area contributed by atoms with Gasteiger partial charge in [-0.25, -0.2) is 0 Å². The van der Waals surface area contributed by atoms with Gasteiger partial charge in [0.2, 0.25) is 5.91 Å². The maximum atomic E-state index is 13.8. The van der Waals surface area contributed by atoms with E-state index in [0.29, 0.717) is 11.4 Å². The summed E-state index contributed by atoms with van der Waals surface area (Å²) in [7, 11) is 0. The molecule has 3 amide bonds. The predicted molar refractivity (Wildman–Crippen MR) is 137 cm³/mol. The molecule has 0 aliphatic carbocycles. The third-order valence-electron chi connectivity index (χ3n) is 5.02. The number of hydrogen-bond donors (Lipinski definition) is 3. The van der Waals surface area contributed by atoms with Gasteiger partial charge >= 0.3 is 5.91 Å². The number of benzene rings is 3. The average molecular weight is 531 g/mol. The van der Waals surface area contributed by atoms with Crippen LogP contribution in [0.25, 0.3) is 0 Å². The van der Waals surface area contributed by atoms with Crippen molar-refractivity contribution in [2.24, 2.45) is 5.10 Å². The van der Waals surface area contributed by atoms with Gasteiger partial charge in [-0.2, -0.15) is 5.01 Å². The normalized spacial score (nSPS) is 17.1. The zero-order valence-corrected chi connectivity index (χ0v) is 20.4. The Balaban J connectivity index is 1.80. The molecule has 1 atom stereocenters. The first-order valence-electron chi connectivity index (χ1n) is 10.3. The van der Waals surface area contributed by atoms with E-state index in [-0.39, 0.29) is 26.5 Å². The lowest BCUT2D eigenvalue weighted by Crippen LogP contribution is -2.67. The number of anilines is 2. The van der Waals surface area contributed by atoms with Crippen molar-refractivity contribution >= 4 is 69.7 Å². The van der Waals surface area contributed by atoms with Crippen LogP contribution in [0.1, 0.15) is 17.3 Å². The van der Waals surface area contributed by atoms with Gasteiger partial charge < -0.3 is 16.0 Å². The first-order chi connectivity index (χ1) is 16.7. The van der Waals surface area contributed by atoms with Crippen LogP contribution in [0.2, 0.25) is 15.1 Å². The molecule has 4 rings (SSSR count). The van der Waals surface area contributed by atoms with E-state index in [0.717, 1.165) is 5.01 Å². The van der Waals surface area contributed by atoms with E-state index in [4.69, 9.17) is 34.8 Å². The minimum absolute atomic E-state index is 0.0779. The molecule has 1 heterocycles. The number of nitrogens with one attached hydrogen (secondary N) is 3. The topological polar surface area (TPSA) is 103 Å². The second kappa shape index (κ2) is 9.95. The lowest BCUT2D eigenvalue weighted by molar-refractivity contribution is -0.127. The van der Waals surface area contributed by atoms with Crippen molar-refractivity contribution in [3.05, 3.63) is 93.4 Å². The van der Waals surface area contributed by atoms with Crippen LogP contribution in [-0.4, -0.2) is 29.2 Å². The summed E-state index contributed by atoms with van der Waals surface area (Å²) >= 11 is 18.2. The summed E-state index contributed by atoms with van der Waals surface area (Å²) < 4.78 is 0. The molecule has 3 aromatic rings. The van der Waals surface area contributed by atoms with Crippen LogP contribution in [-0.2, 0) is 9.59 Å². The molecule has 178 valence electrons. The lowest BCUT2D eigenvalue weighted by Gasteiger charge is -2.31. The van der Waals surface area contributed by atoms with Crippen molar-refractivity contribution < 1.29 is 14.4 Å². The quantitative estimate of drug-likeness (QED) is 0.329. The van der Waals surface area contributed by atoms with Crippen LogP contribution in [0.15, 0.2) is 77.9 Å². The molecule has 35 heavy (non-hydrogen) atoms. The molecular formula is C24H18Cl3N5O3. The molecule has 0 radical (unpaired) electrons. The highest BCUT2D eigenvalue weighted by Gasteiger charge is 2.54. The lowest BCUT2D eigenvalue weighted by atomic mass is 10.1. The van der Waals surface area contributed by atoms with Crippen molar-refractivity contribution in [3.8, 4) is 0 Å². The molecule has 0 saturated heterocycles. The Kier molecular flexibility index (Phi) is 6.98. The Morgan fingerprint density at radius 3 is 2.06 bits per heavy atom. The number of carbonyl (C=O) groups excluding carboxylic acids is 3. The van der Waals surface area contributed by atoms with Crippen LogP contribution < -0.4 is 21.0 Å². The number of carbonyl (C=O) groups is 3. The molecule has 8 nitrogen and oxygen atoms in total. The Morgan fingerprint density at radius 2 is 1.49 bits per heavy atom. The third kappa shape index (κ3) is 4.95. The maximum absolute atomic E-state index is 13.8. The molecule has 11 heteroatoms. The smallest absolute Gasteiger partial charge is 0.302 e. The third-order valence-corrected chi connectivity index (χ3v) is 6.21. The Hall–Kier alpha value is -3.59. The van der Waals surface area contributed by atoms with E-state index >= 15 is 0 Å². The number of amides is 3. The number of nitrogens with zero attached hydrogens (tertiary/aromatic N) is 2. The Morgan fingerprint density at radius 1 is 0.914 bits per heavy atom. The van der Waals surface area contributed by atoms with Crippen molar-refractivity contribution in [1.82, 2.24) is 10.6 Å². The highest BCUT2D eigenvalue weighted by Crippen LogP contribution is 2.32. The van der Waals surface area contributed by atoms with Crippen molar-refractivity contribution in [1.29, 1.82) is 0 Å². The van der Waals surface area contributed by atoms with Gasteiger partial charge in [-0.15, -0.1) is 5.10 Å². The molecule has 1 aliphatic heterocycles. The van der Waals surface area contributed by atoms with Crippen molar-refractivity contribution in [2.45, 2.75) is 12.6 Å². The van der Waals surface area contributed by atoms with E-state index in [1.807, 2.05) is 0 Å². The van der Waals surface area contributed by atoms with Gasteiger partial charge in [0, 0.05) is 18.2 Å². The average Bonchev–Trinajstić information content (AvgIpc) is 3.08. The van der Waals surface area contributed by atoms with Gasteiger partial charge in [-0.05, 0) is 36.4 Å². The van der Waals surface area contributed by atoms with Gasteiger partial charge in [-0.3, -0.25) is 14.4 Å². The van der Waals surface area contributed by atoms with E-state index in [9.17, 15) is 14.4 Å². The molecular weight excluding hydrogens is 513 g/mol. The summed E-state index contributed by atoms with van der Waals surface area (Å²) in [6.45, 7) is 1.26. The number of halogens is 3. The highest BCUT2D eigenvalue weighted by molar-refractivity contribution is 6.48. The number of hydrogen-bond acceptors (Lipinski definition) is 5. The summed E-state index contributed by atoms with van der Waals surface area (Å²) in [5.74, 6) is -1.99. The minimum atomic E-state index is -1.92. The summed E-state index contributed by atoms with van der Waals surface area (Å²) in [5.41, 5.74) is -0.902. The first-order valence-corrected chi connectivity index (χ1v) is 11.4. The minimum Gasteiger partial charge on any atom is -0.348 e. The van der Waals surface area contributed by atoms with Gasteiger partial charge in [0.05, 0.1) is 20.8 Å². The number of hydrazone groups is 1. The highest BCUT2D eigenvalue weighted by atomic mass is 35.5. The SMILES string of the molecule is CC(=O)NC1(Nc2ccccc2)C(=O)N(c2ccccc2)N=C1NC(=O)c1cc(Cl)c(Cl)c(Cl)c1. The number of para-hydroxylation sites is 2. The van der Waals surface area contributed by atoms with Crippen molar-refractivity contribution in [3.63, 3.8) is 0 Å². The van der Waals surface area contributed by atoms with Crippen LogP contribution in [0, 0.1) is 0 Å². The fourth-order valence-corrected chi connectivity index (χ4v) is 4.06. The van der Waals surface area contributed by atoms with Crippen LogP contribution >= 0.6 is 34.8 Å². The van der Waals surface area contributed by atoms with Gasteiger partial charge in [0.15, 0.2) is 5.84 Å². The molecule has 3 aromatic carbocycles. The van der Waals surface area contributed by atoms with Crippen LogP contribution in [0.3, 0.4) is 0 Å². The fourth-order valence-electron chi connectivity index (χ4n) is 3.47. The summed E-state index contributed by atoms with van der Waals surface area (Å²) in [5, 5.41) is 14.0. The summed E-state index contributed by atoms with van der Waals surface area (Å²) in [6, 6.07) is 20.0. The van der Waals surface area contributed by atoms with Gasteiger partial charge in [-0.1, -0.05) is 71.2 Å². The fraction of sp³-hybridized carbons (Fsp3) is 0.0833. The van der Waals surface area contributed by atoms with Crippen LogP contribution in [0.5, 0.6) is 0 Å². The second-order valence-electron chi connectivity index (χ2n) is 7.53. The summed E-state index contributed by atoms with van der Waals surface area (Å²) in [4.78, 5) is 39.2. The zero-order chi connectivity index (χ0) is 25.2. The van der Waals surface area contributed by atoms with Crippen molar-refractivity contribution in [2.75, 3.05) is 10.3 Å². The monoisotopic (exact) mass is 529 g/mol.